The van der Waals surface area contributed by atoms with Gasteiger partial charge in [-0.25, -0.2) is 0 Å². The van der Waals surface area contributed by atoms with E-state index in [0.29, 0.717) is 23.2 Å². The zero-order chi connectivity index (χ0) is 13.8. The van der Waals surface area contributed by atoms with Crippen LogP contribution in [0.1, 0.15) is 35.8 Å². The van der Waals surface area contributed by atoms with Gasteiger partial charge in [0.2, 0.25) is 0 Å². The molecule has 0 aliphatic carbocycles. The van der Waals surface area contributed by atoms with Gasteiger partial charge in [-0.2, -0.15) is 0 Å². The molecule has 0 spiro atoms. The van der Waals surface area contributed by atoms with Gasteiger partial charge < -0.3 is 5.32 Å². The second-order valence-corrected chi connectivity index (χ2v) is 5.35. The fourth-order valence-corrected chi connectivity index (χ4v) is 2.83. The molecular formula is C14H20ClN3O. The third-order valence-electron chi connectivity index (χ3n) is 3.64. The molecule has 19 heavy (non-hydrogen) atoms. The summed E-state index contributed by atoms with van der Waals surface area (Å²) in [6.07, 6.45) is 3.90. The maximum absolute atomic E-state index is 12.1. The normalized spacial score (nSPS) is 19.6. The molecule has 1 aliphatic rings. The number of likely N-dealkylation sites (tertiary alicyclic amines) is 1. The van der Waals surface area contributed by atoms with Crippen LogP contribution in [0.25, 0.3) is 0 Å². The Labute approximate surface area is 119 Å². The molecule has 0 bridgehead atoms. The molecular weight excluding hydrogens is 262 g/mol. The summed E-state index contributed by atoms with van der Waals surface area (Å²) in [4.78, 5) is 18.6. The topological polar surface area (TPSA) is 45.2 Å². The summed E-state index contributed by atoms with van der Waals surface area (Å²) < 4.78 is 0. The molecule has 1 aliphatic heterocycles. The molecule has 0 aromatic carbocycles. The van der Waals surface area contributed by atoms with Gasteiger partial charge in [0.15, 0.2) is 0 Å². The Bertz CT molecular complexity index is 464. The monoisotopic (exact) mass is 281 g/mol. The van der Waals surface area contributed by atoms with Gasteiger partial charge in [-0.1, -0.05) is 18.5 Å². The third kappa shape index (κ3) is 3.45. The minimum Gasteiger partial charge on any atom is -0.350 e. The van der Waals surface area contributed by atoms with Crippen LogP contribution in [0.4, 0.5) is 0 Å². The highest BCUT2D eigenvalue weighted by Gasteiger charge is 2.23. The van der Waals surface area contributed by atoms with E-state index in [0.717, 1.165) is 25.2 Å². The van der Waals surface area contributed by atoms with Crippen LogP contribution in [0.3, 0.4) is 0 Å². The second kappa shape index (κ2) is 6.35. The van der Waals surface area contributed by atoms with Crippen LogP contribution in [-0.2, 0) is 0 Å². The molecule has 5 heteroatoms. The van der Waals surface area contributed by atoms with Gasteiger partial charge in [-0.05, 0) is 38.9 Å². The average molecular weight is 282 g/mol. The van der Waals surface area contributed by atoms with Crippen LogP contribution in [0, 0.1) is 6.92 Å². The van der Waals surface area contributed by atoms with E-state index < -0.39 is 0 Å². The van der Waals surface area contributed by atoms with Crippen molar-refractivity contribution in [3.05, 3.63) is 28.5 Å². The molecule has 1 N–H and O–H groups in total. The van der Waals surface area contributed by atoms with Gasteiger partial charge in [-0.3, -0.25) is 14.7 Å². The highest BCUT2D eigenvalue weighted by Crippen LogP contribution is 2.17. The lowest BCUT2D eigenvalue weighted by Crippen LogP contribution is -2.40. The summed E-state index contributed by atoms with van der Waals surface area (Å²) >= 11 is 6.06. The van der Waals surface area contributed by atoms with Crippen molar-refractivity contribution in [1.29, 1.82) is 0 Å². The predicted octanol–water partition coefficient (Wildman–Crippen LogP) is 2.26. The number of aromatic nitrogens is 1. The SMILES string of the molecule is CCN1CCCC1CNC(=O)c1cnc(C)cc1Cl. The van der Waals surface area contributed by atoms with E-state index in [-0.39, 0.29) is 5.91 Å². The summed E-state index contributed by atoms with van der Waals surface area (Å²) in [5, 5.41) is 3.42. The lowest BCUT2D eigenvalue weighted by atomic mass is 10.2. The van der Waals surface area contributed by atoms with Crippen molar-refractivity contribution in [2.24, 2.45) is 0 Å². The van der Waals surface area contributed by atoms with E-state index in [2.05, 4.69) is 22.1 Å². The quantitative estimate of drug-likeness (QED) is 0.921. The zero-order valence-corrected chi connectivity index (χ0v) is 12.2. The maximum atomic E-state index is 12.1. The number of halogens is 1. The number of aryl methyl sites for hydroxylation is 1. The highest BCUT2D eigenvalue weighted by molar-refractivity contribution is 6.33. The molecule has 1 unspecified atom stereocenters. The van der Waals surface area contributed by atoms with Gasteiger partial charge in [0, 0.05) is 24.5 Å². The maximum Gasteiger partial charge on any atom is 0.254 e. The molecule has 2 rings (SSSR count). The molecule has 1 aromatic rings. The van der Waals surface area contributed by atoms with Crippen molar-refractivity contribution in [2.45, 2.75) is 32.7 Å². The molecule has 1 saturated heterocycles. The molecule has 1 atom stereocenters. The minimum absolute atomic E-state index is 0.138. The van der Waals surface area contributed by atoms with Crippen molar-refractivity contribution in [3.8, 4) is 0 Å². The minimum atomic E-state index is -0.138. The highest BCUT2D eigenvalue weighted by atomic mass is 35.5. The van der Waals surface area contributed by atoms with Crippen LogP contribution >= 0.6 is 11.6 Å². The molecule has 4 nitrogen and oxygen atoms in total. The third-order valence-corrected chi connectivity index (χ3v) is 3.95. The van der Waals surface area contributed by atoms with Gasteiger partial charge in [0.05, 0.1) is 10.6 Å². The van der Waals surface area contributed by atoms with Crippen molar-refractivity contribution < 1.29 is 4.79 Å². The number of likely N-dealkylation sites (N-methyl/N-ethyl adjacent to an activating group) is 1. The fraction of sp³-hybridized carbons (Fsp3) is 0.571. The van der Waals surface area contributed by atoms with Crippen LogP contribution in [0.2, 0.25) is 5.02 Å². The van der Waals surface area contributed by atoms with E-state index in [1.165, 1.54) is 6.42 Å². The van der Waals surface area contributed by atoms with E-state index >= 15 is 0 Å². The first kappa shape index (κ1) is 14.3. The smallest absolute Gasteiger partial charge is 0.254 e. The second-order valence-electron chi connectivity index (χ2n) is 4.94. The van der Waals surface area contributed by atoms with E-state index in [1.807, 2.05) is 6.92 Å². The number of nitrogens with zero attached hydrogens (tertiary/aromatic N) is 2. The largest absolute Gasteiger partial charge is 0.350 e. The van der Waals surface area contributed by atoms with Crippen LogP contribution in [0.5, 0.6) is 0 Å². The number of pyridine rings is 1. The van der Waals surface area contributed by atoms with E-state index in [4.69, 9.17) is 11.6 Å². The van der Waals surface area contributed by atoms with Crippen molar-refractivity contribution in [3.63, 3.8) is 0 Å². The fourth-order valence-electron chi connectivity index (χ4n) is 2.54. The summed E-state index contributed by atoms with van der Waals surface area (Å²) in [6, 6.07) is 2.16. The first-order chi connectivity index (χ1) is 9.11. The lowest BCUT2D eigenvalue weighted by Gasteiger charge is -2.22. The Kier molecular flexibility index (Phi) is 4.77. The van der Waals surface area contributed by atoms with Crippen LogP contribution < -0.4 is 5.32 Å². The molecule has 1 fully saturated rings. The Balaban J connectivity index is 1.94. The zero-order valence-electron chi connectivity index (χ0n) is 11.4. The van der Waals surface area contributed by atoms with Crippen molar-refractivity contribution in [1.82, 2.24) is 15.2 Å². The van der Waals surface area contributed by atoms with Crippen molar-refractivity contribution >= 4 is 17.5 Å². The lowest BCUT2D eigenvalue weighted by molar-refractivity contribution is 0.0941. The van der Waals surface area contributed by atoms with Crippen LogP contribution in [0.15, 0.2) is 12.3 Å². The summed E-state index contributed by atoms with van der Waals surface area (Å²) in [5.41, 5.74) is 1.27. The first-order valence-electron chi connectivity index (χ1n) is 6.76. The molecule has 0 saturated carbocycles. The average Bonchev–Trinajstić information content (AvgIpc) is 2.83. The number of hydrogen-bond acceptors (Lipinski definition) is 3. The molecule has 2 heterocycles. The number of amides is 1. The molecule has 0 radical (unpaired) electrons. The van der Waals surface area contributed by atoms with Gasteiger partial charge >= 0.3 is 0 Å². The van der Waals surface area contributed by atoms with Gasteiger partial charge in [0.25, 0.3) is 5.91 Å². The summed E-state index contributed by atoms with van der Waals surface area (Å²) in [5.74, 6) is -0.138. The number of hydrogen-bond donors (Lipinski definition) is 1. The number of carbonyl (C=O) groups excluding carboxylic acids is 1. The number of nitrogens with one attached hydrogen (secondary N) is 1. The summed E-state index contributed by atoms with van der Waals surface area (Å²) in [7, 11) is 0. The molecule has 1 amide bonds. The van der Waals surface area contributed by atoms with Crippen LogP contribution in [-0.4, -0.2) is 41.5 Å². The summed E-state index contributed by atoms with van der Waals surface area (Å²) in [6.45, 7) is 6.85. The molecule has 1 aromatic heterocycles. The first-order valence-corrected chi connectivity index (χ1v) is 7.14. The number of carbonyl (C=O) groups is 1. The van der Waals surface area contributed by atoms with E-state index in [9.17, 15) is 4.79 Å². The Morgan fingerprint density at radius 1 is 1.63 bits per heavy atom. The number of rotatable bonds is 4. The van der Waals surface area contributed by atoms with Crippen molar-refractivity contribution in [2.75, 3.05) is 19.6 Å². The van der Waals surface area contributed by atoms with E-state index in [1.54, 1.807) is 12.3 Å². The van der Waals surface area contributed by atoms with Gasteiger partial charge in [-0.15, -0.1) is 0 Å². The molecule has 104 valence electrons. The predicted molar refractivity (Wildman–Crippen MR) is 76.6 cm³/mol. The Morgan fingerprint density at radius 2 is 2.42 bits per heavy atom. The van der Waals surface area contributed by atoms with Gasteiger partial charge in [0.1, 0.15) is 0 Å². The standard InChI is InChI=1S/C14H20ClN3O/c1-3-18-6-4-5-11(18)8-17-14(19)12-9-16-10(2)7-13(12)15/h7,9,11H,3-6,8H2,1-2H3,(H,17,19). The Morgan fingerprint density at radius 3 is 3.11 bits per heavy atom. The Hall–Kier alpha value is -1.13.